The molecule has 20 heavy (non-hydrogen) atoms. The van der Waals surface area contributed by atoms with Gasteiger partial charge in [0, 0.05) is 0 Å². The van der Waals surface area contributed by atoms with Gasteiger partial charge in [-0.2, -0.15) is 0 Å². The fraction of sp³-hybridized carbons (Fsp3) is 0.438. The van der Waals surface area contributed by atoms with E-state index in [-0.39, 0.29) is 24.3 Å². The first-order valence-corrected chi connectivity index (χ1v) is 7.04. The predicted octanol–water partition coefficient (Wildman–Crippen LogP) is 2.91. The standard InChI is InChI=1S/C16H19NO3/c1-12(13-7-3-2-4-8-13)17-14(11-20-16(17)18)15-9-5-6-10-19-15/h2-8,12,14-15H,9-11H2,1H3/t12-,14-,15-/m1/s1. The van der Waals surface area contributed by atoms with Gasteiger partial charge in [0.1, 0.15) is 6.61 Å². The number of hydrogen-bond donors (Lipinski definition) is 0. The molecule has 0 radical (unpaired) electrons. The van der Waals surface area contributed by atoms with Crippen molar-refractivity contribution in [1.29, 1.82) is 0 Å². The summed E-state index contributed by atoms with van der Waals surface area (Å²) in [5.74, 6) is 0. The highest BCUT2D eigenvalue weighted by Gasteiger charge is 2.41. The fourth-order valence-electron chi connectivity index (χ4n) is 2.88. The van der Waals surface area contributed by atoms with Crippen LogP contribution >= 0.6 is 0 Å². The lowest BCUT2D eigenvalue weighted by Crippen LogP contribution is -2.45. The van der Waals surface area contributed by atoms with E-state index in [0.29, 0.717) is 13.2 Å². The summed E-state index contributed by atoms with van der Waals surface area (Å²) in [5, 5.41) is 0. The lowest BCUT2D eigenvalue weighted by molar-refractivity contribution is 0.00843. The molecule has 1 aromatic rings. The molecule has 3 rings (SSSR count). The summed E-state index contributed by atoms with van der Waals surface area (Å²) in [6.45, 7) is 3.06. The number of cyclic esters (lactones) is 1. The molecule has 1 saturated heterocycles. The Hall–Kier alpha value is -1.81. The van der Waals surface area contributed by atoms with E-state index in [0.717, 1.165) is 12.0 Å². The molecule has 0 bridgehead atoms. The predicted molar refractivity (Wildman–Crippen MR) is 75.3 cm³/mol. The topological polar surface area (TPSA) is 38.8 Å². The minimum atomic E-state index is -0.246. The van der Waals surface area contributed by atoms with Crippen LogP contribution in [0.5, 0.6) is 0 Å². The molecule has 0 unspecified atom stereocenters. The Balaban J connectivity index is 1.81. The summed E-state index contributed by atoms with van der Waals surface area (Å²) in [4.78, 5) is 13.9. The first-order valence-electron chi connectivity index (χ1n) is 7.04. The SMILES string of the molecule is C[C@H](c1ccccc1)N1C(=O)OC[C@@H]1[C@H]1CC=CCO1. The van der Waals surface area contributed by atoms with Crippen LogP contribution in [0.3, 0.4) is 0 Å². The van der Waals surface area contributed by atoms with Crippen molar-refractivity contribution in [2.45, 2.75) is 31.5 Å². The number of benzene rings is 1. The fourth-order valence-corrected chi connectivity index (χ4v) is 2.88. The van der Waals surface area contributed by atoms with Crippen LogP contribution < -0.4 is 0 Å². The largest absolute Gasteiger partial charge is 0.447 e. The maximum atomic E-state index is 12.1. The average Bonchev–Trinajstić information content (AvgIpc) is 2.90. The Morgan fingerprint density at radius 2 is 2.05 bits per heavy atom. The highest BCUT2D eigenvalue weighted by atomic mass is 16.6. The van der Waals surface area contributed by atoms with E-state index in [2.05, 4.69) is 6.08 Å². The van der Waals surface area contributed by atoms with E-state index in [1.165, 1.54) is 0 Å². The van der Waals surface area contributed by atoms with Crippen molar-refractivity contribution in [2.75, 3.05) is 13.2 Å². The van der Waals surface area contributed by atoms with Gasteiger partial charge in [-0.3, -0.25) is 4.90 Å². The summed E-state index contributed by atoms with van der Waals surface area (Å²) in [6, 6.07) is 10.0. The number of nitrogens with zero attached hydrogens (tertiary/aromatic N) is 1. The summed E-state index contributed by atoms with van der Waals surface area (Å²) in [7, 11) is 0. The molecule has 0 N–H and O–H groups in total. The second-order valence-corrected chi connectivity index (χ2v) is 5.22. The third-order valence-corrected chi connectivity index (χ3v) is 4.02. The van der Waals surface area contributed by atoms with Crippen molar-refractivity contribution in [3.05, 3.63) is 48.0 Å². The molecule has 2 aliphatic heterocycles. The van der Waals surface area contributed by atoms with Crippen molar-refractivity contribution in [3.63, 3.8) is 0 Å². The van der Waals surface area contributed by atoms with E-state index >= 15 is 0 Å². The van der Waals surface area contributed by atoms with Crippen LogP contribution in [0, 0.1) is 0 Å². The van der Waals surface area contributed by atoms with Gasteiger partial charge in [0.15, 0.2) is 0 Å². The molecule has 2 aliphatic rings. The van der Waals surface area contributed by atoms with Gasteiger partial charge in [-0.1, -0.05) is 42.5 Å². The molecule has 1 amide bonds. The van der Waals surface area contributed by atoms with Gasteiger partial charge in [-0.15, -0.1) is 0 Å². The highest BCUT2D eigenvalue weighted by Crippen LogP contribution is 2.30. The van der Waals surface area contributed by atoms with Gasteiger partial charge in [0.2, 0.25) is 0 Å². The van der Waals surface area contributed by atoms with Crippen LogP contribution in [0.25, 0.3) is 0 Å². The summed E-state index contributed by atoms with van der Waals surface area (Å²) >= 11 is 0. The van der Waals surface area contributed by atoms with Crippen molar-refractivity contribution < 1.29 is 14.3 Å². The molecule has 1 fully saturated rings. The quantitative estimate of drug-likeness (QED) is 0.795. The van der Waals surface area contributed by atoms with E-state index in [4.69, 9.17) is 9.47 Å². The minimum absolute atomic E-state index is 0.00861. The average molecular weight is 273 g/mol. The maximum absolute atomic E-state index is 12.1. The van der Waals surface area contributed by atoms with Gasteiger partial charge in [-0.25, -0.2) is 4.79 Å². The second-order valence-electron chi connectivity index (χ2n) is 5.22. The zero-order valence-electron chi connectivity index (χ0n) is 11.6. The number of hydrogen-bond acceptors (Lipinski definition) is 3. The van der Waals surface area contributed by atoms with Gasteiger partial charge in [0.25, 0.3) is 0 Å². The van der Waals surface area contributed by atoms with E-state index in [9.17, 15) is 4.79 Å². The van der Waals surface area contributed by atoms with Crippen LogP contribution in [0.4, 0.5) is 4.79 Å². The monoisotopic (exact) mass is 273 g/mol. The van der Waals surface area contributed by atoms with Crippen molar-refractivity contribution in [3.8, 4) is 0 Å². The molecular formula is C16H19NO3. The zero-order valence-corrected chi connectivity index (χ0v) is 11.6. The lowest BCUT2D eigenvalue weighted by atomic mass is 10.0. The van der Waals surface area contributed by atoms with Crippen LogP contribution in [0.2, 0.25) is 0 Å². The van der Waals surface area contributed by atoms with Crippen molar-refractivity contribution in [2.24, 2.45) is 0 Å². The molecule has 1 aromatic carbocycles. The summed E-state index contributed by atoms with van der Waals surface area (Å²) < 4.78 is 11.0. The maximum Gasteiger partial charge on any atom is 0.410 e. The third kappa shape index (κ3) is 2.43. The second kappa shape index (κ2) is 5.67. The minimum Gasteiger partial charge on any atom is -0.447 e. The summed E-state index contributed by atoms with van der Waals surface area (Å²) in [6.07, 6.45) is 4.74. The van der Waals surface area contributed by atoms with E-state index in [1.807, 2.05) is 48.2 Å². The van der Waals surface area contributed by atoms with Gasteiger partial charge >= 0.3 is 6.09 Å². The van der Waals surface area contributed by atoms with Crippen LogP contribution in [-0.4, -0.2) is 36.4 Å². The van der Waals surface area contributed by atoms with Crippen molar-refractivity contribution >= 4 is 6.09 Å². The highest BCUT2D eigenvalue weighted by molar-refractivity contribution is 5.71. The first kappa shape index (κ1) is 13.2. The first-order chi connectivity index (χ1) is 9.77. The van der Waals surface area contributed by atoms with Gasteiger partial charge < -0.3 is 9.47 Å². The number of amides is 1. The number of rotatable bonds is 3. The Bertz CT molecular complexity index is 500. The molecule has 106 valence electrons. The van der Waals surface area contributed by atoms with Gasteiger partial charge in [-0.05, 0) is 18.9 Å². The van der Waals surface area contributed by atoms with Crippen LogP contribution in [-0.2, 0) is 9.47 Å². The Kier molecular flexibility index (Phi) is 3.74. The molecule has 2 heterocycles. The van der Waals surface area contributed by atoms with Gasteiger partial charge in [0.05, 0.1) is 24.8 Å². The Morgan fingerprint density at radius 3 is 2.75 bits per heavy atom. The lowest BCUT2D eigenvalue weighted by Gasteiger charge is -2.33. The normalized spacial score (nSPS) is 27.4. The smallest absolute Gasteiger partial charge is 0.410 e. The molecule has 4 nitrogen and oxygen atoms in total. The third-order valence-electron chi connectivity index (χ3n) is 4.02. The summed E-state index contributed by atoms with van der Waals surface area (Å²) in [5.41, 5.74) is 1.11. The Morgan fingerprint density at radius 1 is 1.25 bits per heavy atom. The van der Waals surface area contributed by atoms with E-state index < -0.39 is 0 Å². The molecule has 3 atom stereocenters. The number of ether oxygens (including phenoxy) is 2. The van der Waals surface area contributed by atoms with Crippen LogP contribution in [0.15, 0.2) is 42.5 Å². The number of carbonyl (C=O) groups excluding carboxylic acids is 1. The molecule has 0 saturated carbocycles. The van der Waals surface area contributed by atoms with E-state index in [1.54, 1.807) is 0 Å². The molecule has 0 spiro atoms. The number of carbonyl (C=O) groups is 1. The zero-order chi connectivity index (χ0) is 13.9. The molecule has 0 aromatic heterocycles. The van der Waals surface area contributed by atoms with Crippen LogP contribution in [0.1, 0.15) is 24.9 Å². The molecule has 0 aliphatic carbocycles. The van der Waals surface area contributed by atoms with Crippen molar-refractivity contribution in [1.82, 2.24) is 4.90 Å². The molecular weight excluding hydrogens is 254 g/mol. The molecule has 4 heteroatoms. The Labute approximate surface area is 119 Å².